The van der Waals surface area contributed by atoms with Crippen LogP contribution in [0.5, 0.6) is 5.75 Å². The molecule has 1 aliphatic rings. The van der Waals surface area contributed by atoms with Crippen molar-refractivity contribution in [3.63, 3.8) is 0 Å². The van der Waals surface area contributed by atoms with Gasteiger partial charge in [0, 0.05) is 6.54 Å². The monoisotopic (exact) mass is 356 g/mol. The van der Waals surface area contributed by atoms with Crippen molar-refractivity contribution in [2.75, 3.05) is 17.1 Å². The first-order chi connectivity index (χ1) is 11.9. The number of hydrogen-bond donors (Lipinski definition) is 0. The molecule has 2 aromatic rings. The molecule has 0 amide bonds. The summed E-state index contributed by atoms with van der Waals surface area (Å²) < 4.78 is 30.4. The maximum atomic E-state index is 12.3. The smallest absolute Gasteiger partial charge is 0.343 e. The summed E-state index contributed by atoms with van der Waals surface area (Å²) in [7, 11) is -3.34. The highest BCUT2D eigenvalue weighted by Crippen LogP contribution is 2.30. The van der Waals surface area contributed by atoms with Crippen LogP contribution in [0, 0.1) is 11.3 Å². The van der Waals surface area contributed by atoms with Crippen LogP contribution in [0.25, 0.3) is 0 Å². The topological polar surface area (TPSA) is 87.5 Å². The molecule has 3 rings (SSSR count). The van der Waals surface area contributed by atoms with Gasteiger partial charge in [-0.2, -0.15) is 5.26 Å². The van der Waals surface area contributed by atoms with Crippen molar-refractivity contribution < 1.29 is 17.9 Å². The van der Waals surface area contributed by atoms with Crippen LogP contribution in [0.2, 0.25) is 0 Å². The van der Waals surface area contributed by atoms with Gasteiger partial charge in [-0.05, 0) is 60.9 Å². The van der Waals surface area contributed by atoms with E-state index in [4.69, 9.17) is 10.00 Å². The highest BCUT2D eigenvalue weighted by Gasteiger charge is 2.25. The number of hydrogen-bond acceptors (Lipinski definition) is 5. The largest absolute Gasteiger partial charge is 0.423 e. The second kappa shape index (κ2) is 6.57. The molecule has 1 heterocycles. The number of esters is 1. The van der Waals surface area contributed by atoms with E-state index in [0.717, 1.165) is 5.56 Å². The SMILES string of the molecule is CS(=O)(=O)N1CCCc2cc(C(=O)Oc3ccc(C#N)cc3)ccc21. The first-order valence-electron chi connectivity index (χ1n) is 7.71. The van der Waals surface area contributed by atoms with Crippen molar-refractivity contribution >= 4 is 21.7 Å². The van der Waals surface area contributed by atoms with Crippen molar-refractivity contribution in [1.29, 1.82) is 5.26 Å². The molecule has 7 heteroatoms. The molecule has 2 aromatic carbocycles. The normalized spacial score (nSPS) is 13.7. The van der Waals surface area contributed by atoms with E-state index in [1.807, 2.05) is 6.07 Å². The molecule has 0 fully saturated rings. The Hall–Kier alpha value is -2.85. The van der Waals surface area contributed by atoms with Crippen LogP contribution in [-0.2, 0) is 16.4 Å². The minimum atomic E-state index is -3.34. The van der Waals surface area contributed by atoms with Crippen LogP contribution in [0.1, 0.15) is 27.9 Å². The van der Waals surface area contributed by atoms with Gasteiger partial charge >= 0.3 is 5.97 Å². The molecular weight excluding hydrogens is 340 g/mol. The molecule has 0 atom stereocenters. The van der Waals surface area contributed by atoms with Gasteiger partial charge in [-0.25, -0.2) is 13.2 Å². The fraction of sp³-hybridized carbons (Fsp3) is 0.222. The average molecular weight is 356 g/mol. The molecular formula is C18H16N2O4S. The zero-order valence-electron chi connectivity index (χ0n) is 13.6. The molecule has 128 valence electrons. The number of sulfonamides is 1. The number of rotatable bonds is 3. The number of anilines is 1. The van der Waals surface area contributed by atoms with Crippen LogP contribution in [-0.4, -0.2) is 27.2 Å². The number of carbonyl (C=O) groups is 1. The van der Waals surface area contributed by atoms with E-state index in [0.29, 0.717) is 42.0 Å². The summed E-state index contributed by atoms with van der Waals surface area (Å²) in [6, 6.07) is 13.1. The molecule has 0 aliphatic carbocycles. The molecule has 1 aliphatic heterocycles. The third kappa shape index (κ3) is 3.64. The molecule has 0 N–H and O–H groups in total. The van der Waals surface area contributed by atoms with Gasteiger partial charge in [0.2, 0.25) is 10.0 Å². The number of nitriles is 1. The van der Waals surface area contributed by atoms with Gasteiger partial charge in [0.25, 0.3) is 0 Å². The Bertz CT molecular complexity index is 960. The number of fused-ring (bicyclic) bond motifs is 1. The number of carbonyl (C=O) groups excluding carboxylic acids is 1. The van der Waals surface area contributed by atoms with Crippen LogP contribution in [0.4, 0.5) is 5.69 Å². The van der Waals surface area contributed by atoms with Gasteiger partial charge in [0.1, 0.15) is 5.75 Å². The van der Waals surface area contributed by atoms with Gasteiger partial charge in [0.05, 0.1) is 29.1 Å². The molecule has 0 saturated heterocycles. The number of ether oxygens (including phenoxy) is 1. The van der Waals surface area contributed by atoms with E-state index in [2.05, 4.69) is 0 Å². The number of benzene rings is 2. The van der Waals surface area contributed by atoms with E-state index >= 15 is 0 Å². The Balaban J connectivity index is 1.84. The van der Waals surface area contributed by atoms with Crippen molar-refractivity contribution in [2.45, 2.75) is 12.8 Å². The molecule has 0 aromatic heterocycles. The van der Waals surface area contributed by atoms with E-state index < -0.39 is 16.0 Å². The van der Waals surface area contributed by atoms with E-state index in [1.165, 1.54) is 10.6 Å². The van der Waals surface area contributed by atoms with E-state index in [1.54, 1.807) is 42.5 Å². The predicted octanol–water partition coefficient (Wildman–Crippen LogP) is 2.49. The van der Waals surface area contributed by atoms with Crippen LogP contribution in [0.3, 0.4) is 0 Å². The Morgan fingerprint density at radius 1 is 1.20 bits per heavy atom. The Labute approximate surface area is 146 Å². The summed E-state index contributed by atoms with van der Waals surface area (Å²) in [5.41, 5.74) is 2.27. The molecule has 0 unspecified atom stereocenters. The lowest BCUT2D eigenvalue weighted by Gasteiger charge is -2.29. The minimum absolute atomic E-state index is 0.347. The summed E-state index contributed by atoms with van der Waals surface area (Å²) in [4.78, 5) is 12.3. The second-order valence-electron chi connectivity index (χ2n) is 5.81. The third-order valence-corrected chi connectivity index (χ3v) is 5.17. The zero-order valence-corrected chi connectivity index (χ0v) is 14.4. The second-order valence-corrected chi connectivity index (χ2v) is 7.71. The lowest BCUT2D eigenvalue weighted by atomic mass is 10.0. The first kappa shape index (κ1) is 17.0. The third-order valence-electron chi connectivity index (χ3n) is 3.99. The van der Waals surface area contributed by atoms with Gasteiger partial charge in [0.15, 0.2) is 0 Å². The van der Waals surface area contributed by atoms with Crippen LogP contribution in [0.15, 0.2) is 42.5 Å². The summed E-state index contributed by atoms with van der Waals surface area (Å²) in [6.07, 6.45) is 2.59. The van der Waals surface area contributed by atoms with E-state index in [-0.39, 0.29) is 0 Å². The minimum Gasteiger partial charge on any atom is -0.423 e. The lowest BCUT2D eigenvalue weighted by molar-refractivity contribution is 0.0734. The van der Waals surface area contributed by atoms with Crippen molar-refractivity contribution in [1.82, 2.24) is 0 Å². The molecule has 0 spiro atoms. The van der Waals surface area contributed by atoms with E-state index in [9.17, 15) is 13.2 Å². The number of aryl methyl sites for hydroxylation is 1. The van der Waals surface area contributed by atoms with Crippen molar-refractivity contribution in [3.8, 4) is 11.8 Å². The first-order valence-corrected chi connectivity index (χ1v) is 9.56. The molecule has 25 heavy (non-hydrogen) atoms. The molecule has 0 radical (unpaired) electrons. The fourth-order valence-corrected chi connectivity index (χ4v) is 3.79. The van der Waals surface area contributed by atoms with Crippen LogP contribution >= 0.6 is 0 Å². The highest BCUT2D eigenvalue weighted by molar-refractivity contribution is 7.92. The summed E-state index contributed by atoms with van der Waals surface area (Å²) in [6.45, 7) is 0.445. The fourth-order valence-electron chi connectivity index (χ4n) is 2.80. The maximum Gasteiger partial charge on any atom is 0.343 e. The van der Waals surface area contributed by atoms with Crippen LogP contribution < -0.4 is 9.04 Å². The highest BCUT2D eigenvalue weighted by atomic mass is 32.2. The average Bonchev–Trinajstić information content (AvgIpc) is 2.60. The van der Waals surface area contributed by atoms with Crippen molar-refractivity contribution in [2.24, 2.45) is 0 Å². The van der Waals surface area contributed by atoms with Crippen molar-refractivity contribution in [3.05, 3.63) is 59.2 Å². The molecule has 6 nitrogen and oxygen atoms in total. The lowest BCUT2D eigenvalue weighted by Crippen LogP contribution is -2.34. The summed E-state index contributed by atoms with van der Waals surface area (Å²) in [5.74, 6) is -0.177. The predicted molar refractivity (Wildman–Crippen MR) is 93.1 cm³/mol. The van der Waals surface area contributed by atoms with Gasteiger partial charge in [-0.15, -0.1) is 0 Å². The van der Waals surface area contributed by atoms with Gasteiger partial charge in [-0.1, -0.05) is 0 Å². The standard InChI is InChI=1S/C18H16N2O4S/c1-25(22,23)20-10-2-3-14-11-15(6-9-17(14)20)18(21)24-16-7-4-13(12-19)5-8-16/h4-9,11H,2-3,10H2,1H3. The Kier molecular flexibility index (Phi) is 4.47. The summed E-state index contributed by atoms with van der Waals surface area (Å²) in [5, 5.41) is 8.78. The Morgan fingerprint density at radius 2 is 1.92 bits per heavy atom. The molecule has 0 bridgehead atoms. The Morgan fingerprint density at radius 3 is 2.56 bits per heavy atom. The zero-order chi connectivity index (χ0) is 18.0. The number of nitrogens with zero attached hydrogens (tertiary/aromatic N) is 2. The van der Waals surface area contributed by atoms with Gasteiger partial charge < -0.3 is 4.74 Å². The van der Waals surface area contributed by atoms with Gasteiger partial charge in [-0.3, -0.25) is 4.31 Å². The summed E-state index contributed by atoms with van der Waals surface area (Å²) >= 11 is 0. The maximum absolute atomic E-state index is 12.3. The quantitative estimate of drug-likeness (QED) is 0.623. The molecule has 0 saturated carbocycles.